The van der Waals surface area contributed by atoms with Crippen LogP contribution in [0.25, 0.3) is 0 Å². The van der Waals surface area contributed by atoms with Crippen LogP contribution < -0.4 is 11.3 Å². The van der Waals surface area contributed by atoms with Crippen LogP contribution in [0.15, 0.2) is 46.7 Å². The first-order valence-electron chi connectivity index (χ1n) is 5.15. The number of hydrogen-bond donors (Lipinski definition) is 2. The Morgan fingerprint density at radius 2 is 2.11 bits per heavy atom. The quantitative estimate of drug-likeness (QED) is 0.336. The van der Waals surface area contributed by atoms with Crippen LogP contribution >= 0.6 is 0 Å². The summed E-state index contributed by atoms with van der Waals surface area (Å²) in [5.41, 5.74) is 5.19. The molecule has 0 aliphatic carbocycles. The molecule has 7 heteroatoms. The predicted octanol–water partition coefficient (Wildman–Crippen LogP) is -0.219. The minimum absolute atomic E-state index is 0.135. The van der Waals surface area contributed by atoms with Gasteiger partial charge in [0.15, 0.2) is 5.84 Å². The Balaban J connectivity index is 2.39. The lowest BCUT2D eigenvalue weighted by Gasteiger charge is -2.06. The molecule has 0 saturated heterocycles. The standard InChI is InChI=1S/C11H11N5O2/c12-10(15-18)8-3-1-6-16(11(8)17)7-9-13-4-2-5-14-9/h1-6,18H,7H2,(H2,12,15). The van der Waals surface area contributed by atoms with E-state index in [-0.39, 0.29) is 23.5 Å². The summed E-state index contributed by atoms with van der Waals surface area (Å²) in [6, 6.07) is 4.82. The molecule has 2 aromatic heterocycles. The van der Waals surface area contributed by atoms with Crippen molar-refractivity contribution in [1.82, 2.24) is 14.5 Å². The van der Waals surface area contributed by atoms with Crippen LogP contribution in [0.3, 0.4) is 0 Å². The molecule has 2 aromatic rings. The van der Waals surface area contributed by atoms with Gasteiger partial charge in [-0.1, -0.05) is 5.16 Å². The zero-order valence-electron chi connectivity index (χ0n) is 9.39. The van der Waals surface area contributed by atoms with Crippen molar-refractivity contribution in [3.63, 3.8) is 0 Å². The lowest BCUT2D eigenvalue weighted by molar-refractivity contribution is 0.318. The third kappa shape index (κ3) is 2.34. The van der Waals surface area contributed by atoms with Crippen LogP contribution in [0.5, 0.6) is 0 Å². The largest absolute Gasteiger partial charge is 0.409 e. The van der Waals surface area contributed by atoms with Crippen molar-refractivity contribution < 1.29 is 5.21 Å². The number of nitrogens with two attached hydrogens (primary N) is 1. The van der Waals surface area contributed by atoms with E-state index in [1.54, 1.807) is 30.7 Å². The Hall–Kier alpha value is -2.70. The maximum absolute atomic E-state index is 12.0. The Morgan fingerprint density at radius 3 is 2.78 bits per heavy atom. The van der Waals surface area contributed by atoms with E-state index >= 15 is 0 Å². The first-order valence-corrected chi connectivity index (χ1v) is 5.15. The number of nitrogens with zero attached hydrogens (tertiary/aromatic N) is 4. The molecule has 0 aliphatic heterocycles. The van der Waals surface area contributed by atoms with Crippen LogP contribution in [0, 0.1) is 0 Å². The normalized spacial score (nSPS) is 11.4. The van der Waals surface area contributed by atoms with Gasteiger partial charge in [0.1, 0.15) is 5.82 Å². The number of pyridine rings is 1. The molecule has 0 aliphatic rings. The van der Waals surface area contributed by atoms with Crippen LogP contribution in [0.1, 0.15) is 11.4 Å². The van der Waals surface area contributed by atoms with E-state index in [9.17, 15) is 4.79 Å². The molecule has 0 amide bonds. The minimum Gasteiger partial charge on any atom is -0.409 e. The molecule has 0 atom stereocenters. The molecule has 0 aromatic carbocycles. The van der Waals surface area contributed by atoms with E-state index < -0.39 is 0 Å². The fourth-order valence-corrected chi connectivity index (χ4v) is 1.47. The van der Waals surface area contributed by atoms with Crippen LogP contribution in [0.4, 0.5) is 0 Å². The summed E-state index contributed by atoms with van der Waals surface area (Å²) in [5, 5.41) is 11.4. The van der Waals surface area contributed by atoms with Gasteiger partial charge in [-0.25, -0.2) is 9.97 Å². The van der Waals surface area contributed by atoms with Gasteiger partial charge in [-0.2, -0.15) is 0 Å². The van der Waals surface area contributed by atoms with E-state index in [0.29, 0.717) is 5.82 Å². The summed E-state index contributed by atoms with van der Waals surface area (Å²) in [6.07, 6.45) is 4.79. The second-order valence-electron chi connectivity index (χ2n) is 3.51. The Bertz CT molecular complexity index is 621. The van der Waals surface area contributed by atoms with Crippen LogP contribution in [-0.2, 0) is 6.54 Å². The zero-order chi connectivity index (χ0) is 13.0. The predicted molar refractivity (Wildman–Crippen MR) is 64.3 cm³/mol. The monoisotopic (exact) mass is 245 g/mol. The van der Waals surface area contributed by atoms with Gasteiger partial charge in [-0.15, -0.1) is 0 Å². The number of oxime groups is 1. The van der Waals surface area contributed by atoms with Gasteiger partial charge < -0.3 is 15.5 Å². The molecule has 0 saturated carbocycles. The smallest absolute Gasteiger partial charge is 0.262 e. The van der Waals surface area contributed by atoms with Gasteiger partial charge in [0.2, 0.25) is 0 Å². The maximum atomic E-state index is 12.0. The van der Waals surface area contributed by atoms with Gasteiger partial charge in [0.05, 0.1) is 12.1 Å². The van der Waals surface area contributed by atoms with Crippen molar-refractivity contribution >= 4 is 5.84 Å². The lowest BCUT2D eigenvalue weighted by atomic mass is 10.2. The van der Waals surface area contributed by atoms with Gasteiger partial charge in [0, 0.05) is 18.6 Å². The lowest BCUT2D eigenvalue weighted by Crippen LogP contribution is -2.30. The fraction of sp³-hybridized carbons (Fsp3) is 0.0909. The third-order valence-electron chi connectivity index (χ3n) is 2.33. The Morgan fingerprint density at radius 1 is 1.39 bits per heavy atom. The topological polar surface area (TPSA) is 106 Å². The summed E-state index contributed by atoms with van der Waals surface area (Å²) in [7, 11) is 0. The highest BCUT2D eigenvalue weighted by atomic mass is 16.4. The van der Waals surface area contributed by atoms with Crippen LogP contribution in [0.2, 0.25) is 0 Å². The summed E-state index contributed by atoms with van der Waals surface area (Å²) in [5.74, 6) is 0.291. The highest BCUT2D eigenvalue weighted by Crippen LogP contribution is 1.95. The summed E-state index contributed by atoms with van der Waals surface area (Å²) < 4.78 is 1.39. The van der Waals surface area contributed by atoms with Crippen molar-refractivity contribution in [3.8, 4) is 0 Å². The molecule has 2 heterocycles. The van der Waals surface area contributed by atoms with E-state index in [2.05, 4.69) is 15.1 Å². The van der Waals surface area contributed by atoms with E-state index in [0.717, 1.165) is 0 Å². The highest BCUT2D eigenvalue weighted by Gasteiger charge is 2.08. The fourth-order valence-electron chi connectivity index (χ4n) is 1.47. The molecule has 0 unspecified atom stereocenters. The molecule has 2 rings (SSSR count). The Kier molecular flexibility index (Phi) is 3.33. The molecule has 0 fully saturated rings. The molecule has 3 N–H and O–H groups in total. The first-order chi connectivity index (χ1) is 8.72. The summed E-state index contributed by atoms with van der Waals surface area (Å²) in [4.78, 5) is 20.1. The molecular weight excluding hydrogens is 234 g/mol. The molecule has 0 spiro atoms. The summed E-state index contributed by atoms with van der Waals surface area (Å²) in [6.45, 7) is 0.228. The van der Waals surface area contributed by atoms with Crippen LogP contribution in [-0.4, -0.2) is 25.6 Å². The van der Waals surface area contributed by atoms with Crippen molar-refractivity contribution in [2.24, 2.45) is 10.9 Å². The zero-order valence-corrected chi connectivity index (χ0v) is 9.39. The molecule has 18 heavy (non-hydrogen) atoms. The van der Waals surface area contributed by atoms with Crippen molar-refractivity contribution in [2.75, 3.05) is 0 Å². The number of rotatable bonds is 3. The van der Waals surface area contributed by atoms with Gasteiger partial charge in [-0.3, -0.25) is 4.79 Å². The molecular formula is C11H11N5O2. The number of hydrogen-bond acceptors (Lipinski definition) is 5. The Labute approximate surface area is 102 Å². The van der Waals surface area contributed by atoms with Crippen molar-refractivity contribution in [2.45, 2.75) is 6.54 Å². The number of aromatic nitrogens is 3. The first kappa shape index (κ1) is 11.8. The average molecular weight is 245 g/mol. The maximum Gasteiger partial charge on any atom is 0.262 e. The average Bonchev–Trinajstić information content (AvgIpc) is 2.41. The van der Waals surface area contributed by atoms with Gasteiger partial charge in [0.25, 0.3) is 5.56 Å². The number of amidine groups is 1. The van der Waals surface area contributed by atoms with E-state index in [1.807, 2.05) is 0 Å². The second-order valence-corrected chi connectivity index (χ2v) is 3.51. The highest BCUT2D eigenvalue weighted by molar-refractivity contribution is 5.96. The molecule has 0 bridgehead atoms. The summed E-state index contributed by atoms with van der Waals surface area (Å²) >= 11 is 0. The van der Waals surface area contributed by atoms with Gasteiger partial charge >= 0.3 is 0 Å². The van der Waals surface area contributed by atoms with E-state index in [4.69, 9.17) is 10.9 Å². The van der Waals surface area contributed by atoms with Gasteiger partial charge in [-0.05, 0) is 18.2 Å². The minimum atomic E-state index is -0.361. The molecule has 92 valence electrons. The third-order valence-corrected chi connectivity index (χ3v) is 2.33. The second kappa shape index (κ2) is 5.09. The molecule has 0 radical (unpaired) electrons. The van der Waals surface area contributed by atoms with Crippen molar-refractivity contribution in [3.05, 3.63) is 58.5 Å². The van der Waals surface area contributed by atoms with E-state index in [1.165, 1.54) is 10.6 Å². The SMILES string of the molecule is N/C(=N/O)c1cccn(Cc2ncccn2)c1=O. The molecule has 7 nitrogen and oxygen atoms in total. The van der Waals surface area contributed by atoms with Crippen molar-refractivity contribution in [1.29, 1.82) is 0 Å².